The lowest BCUT2D eigenvalue weighted by molar-refractivity contribution is 0.215. The fourth-order valence-corrected chi connectivity index (χ4v) is 2.86. The van der Waals surface area contributed by atoms with E-state index < -0.39 is 0 Å². The summed E-state index contributed by atoms with van der Waals surface area (Å²) in [7, 11) is 4.42. The highest BCUT2D eigenvalue weighted by Gasteiger charge is 2.21. The highest BCUT2D eigenvalue weighted by atomic mass is 16.2. The van der Waals surface area contributed by atoms with Gasteiger partial charge in [-0.2, -0.15) is 0 Å². The molecule has 0 radical (unpaired) electrons. The third-order valence-electron chi connectivity index (χ3n) is 4.07. The van der Waals surface area contributed by atoms with Gasteiger partial charge in [-0.1, -0.05) is 24.0 Å². The van der Waals surface area contributed by atoms with E-state index in [1.807, 2.05) is 0 Å². The van der Waals surface area contributed by atoms with Gasteiger partial charge in [0.25, 0.3) is 0 Å². The van der Waals surface area contributed by atoms with E-state index in [4.69, 9.17) is 5.11 Å². The average molecular weight is 286 g/mol. The predicted octanol–water partition coefficient (Wildman–Crippen LogP) is 1.95. The molecule has 0 saturated carbocycles. The number of hydrogen-bond donors (Lipinski definition) is 1. The first-order chi connectivity index (χ1) is 10.2. The molecule has 1 heterocycles. The highest BCUT2D eigenvalue weighted by molar-refractivity contribution is 5.36. The van der Waals surface area contributed by atoms with Crippen molar-refractivity contribution in [3.8, 4) is 11.8 Å². The van der Waals surface area contributed by atoms with Crippen LogP contribution in [0.15, 0.2) is 24.3 Å². The summed E-state index contributed by atoms with van der Waals surface area (Å²) in [5, 5.41) is 8.71. The molecule has 114 valence electrons. The van der Waals surface area contributed by atoms with Crippen molar-refractivity contribution in [2.45, 2.75) is 31.8 Å². The summed E-state index contributed by atoms with van der Waals surface area (Å²) in [6.45, 7) is 3.48. The van der Waals surface area contributed by atoms with E-state index >= 15 is 0 Å². The van der Waals surface area contributed by atoms with Crippen LogP contribution < -0.4 is 0 Å². The molecule has 3 nitrogen and oxygen atoms in total. The third-order valence-corrected chi connectivity index (χ3v) is 4.07. The van der Waals surface area contributed by atoms with Crippen LogP contribution in [0.2, 0.25) is 0 Å². The minimum atomic E-state index is 0.130. The maximum atomic E-state index is 8.71. The first-order valence-corrected chi connectivity index (χ1v) is 7.76. The van der Waals surface area contributed by atoms with E-state index in [1.165, 1.54) is 24.9 Å². The Labute approximate surface area is 128 Å². The monoisotopic (exact) mass is 286 g/mol. The zero-order valence-corrected chi connectivity index (χ0v) is 13.2. The molecule has 0 aromatic heterocycles. The number of aliphatic hydroxyl groups is 1. The van der Waals surface area contributed by atoms with Crippen LogP contribution >= 0.6 is 0 Å². The fraction of sp³-hybridized carbons (Fsp3) is 0.556. The second kappa shape index (κ2) is 8.19. The van der Waals surface area contributed by atoms with Gasteiger partial charge in [-0.15, -0.1) is 0 Å². The lowest BCUT2D eigenvalue weighted by Gasteiger charge is -2.25. The second-order valence-electron chi connectivity index (χ2n) is 5.95. The van der Waals surface area contributed by atoms with Crippen LogP contribution in [0.1, 0.15) is 30.4 Å². The third kappa shape index (κ3) is 5.17. The molecule has 2 rings (SSSR count). The largest absolute Gasteiger partial charge is 0.395 e. The quantitative estimate of drug-likeness (QED) is 0.838. The summed E-state index contributed by atoms with van der Waals surface area (Å²) in [5.74, 6) is 6.01. The van der Waals surface area contributed by atoms with Crippen molar-refractivity contribution in [3.63, 3.8) is 0 Å². The van der Waals surface area contributed by atoms with Gasteiger partial charge in [-0.05, 0) is 51.2 Å². The Morgan fingerprint density at radius 3 is 2.71 bits per heavy atom. The van der Waals surface area contributed by atoms with Crippen molar-refractivity contribution in [3.05, 3.63) is 35.4 Å². The zero-order valence-electron chi connectivity index (χ0n) is 13.2. The van der Waals surface area contributed by atoms with Gasteiger partial charge in [0, 0.05) is 31.1 Å². The molecule has 1 aliphatic heterocycles. The molecule has 1 atom stereocenters. The summed E-state index contributed by atoms with van der Waals surface area (Å²) in [6, 6.07) is 9.14. The van der Waals surface area contributed by atoms with E-state index in [9.17, 15) is 0 Å². The van der Waals surface area contributed by atoms with Crippen LogP contribution in [0.3, 0.4) is 0 Å². The van der Waals surface area contributed by atoms with Crippen LogP contribution in [0.5, 0.6) is 0 Å². The highest BCUT2D eigenvalue weighted by Crippen LogP contribution is 2.16. The molecule has 1 aliphatic rings. The molecular weight excluding hydrogens is 260 g/mol. The number of likely N-dealkylation sites (tertiary alicyclic amines) is 1. The van der Waals surface area contributed by atoms with Crippen molar-refractivity contribution in [1.29, 1.82) is 0 Å². The number of nitrogens with zero attached hydrogens (tertiary/aromatic N) is 2. The van der Waals surface area contributed by atoms with Gasteiger partial charge in [-0.25, -0.2) is 0 Å². The van der Waals surface area contributed by atoms with Crippen LogP contribution in [-0.4, -0.2) is 54.7 Å². The molecule has 1 fully saturated rings. The first-order valence-electron chi connectivity index (χ1n) is 7.76. The van der Waals surface area contributed by atoms with E-state index in [2.05, 4.69) is 60.0 Å². The van der Waals surface area contributed by atoms with E-state index in [-0.39, 0.29) is 6.61 Å². The molecule has 1 N–H and O–H groups in total. The molecule has 21 heavy (non-hydrogen) atoms. The Morgan fingerprint density at radius 1 is 1.33 bits per heavy atom. The molecule has 0 bridgehead atoms. The fourth-order valence-electron chi connectivity index (χ4n) is 2.86. The van der Waals surface area contributed by atoms with Crippen LogP contribution in [0, 0.1) is 11.8 Å². The average Bonchev–Trinajstić information content (AvgIpc) is 2.86. The number of hydrogen-bond acceptors (Lipinski definition) is 3. The van der Waals surface area contributed by atoms with E-state index in [0.717, 1.165) is 18.7 Å². The molecule has 0 aliphatic carbocycles. The van der Waals surface area contributed by atoms with Crippen molar-refractivity contribution in [2.75, 3.05) is 33.8 Å². The van der Waals surface area contributed by atoms with Gasteiger partial charge in [0.1, 0.15) is 0 Å². The maximum absolute atomic E-state index is 8.71. The lowest BCUT2D eigenvalue weighted by atomic mass is 10.1. The molecule has 1 unspecified atom stereocenters. The zero-order chi connectivity index (χ0) is 15.1. The van der Waals surface area contributed by atoms with E-state index in [1.54, 1.807) is 0 Å². The topological polar surface area (TPSA) is 26.7 Å². The Balaban J connectivity index is 1.83. The Hall–Kier alpha value is -1.34. The van der Waals surface area contributed by atoms with Crippen LogP contribution in [0.25, 0.3) is 0 Å². The molecule has 0 amide bonds. The molecule has 3 heteroatoms. The number of likely N-dealkylation sites (N-methyl/N-ethyl adjacent to an activating group) is 2. The summed E-state index contributed by atoms with van der Waals surface area (Å²) in [6.07, 6.45) is 3.19. The van der Waals surface area contributed by atoms with Crippen LogP contribution in [-0.2, 0) is 6.54 Å². The van der Waals surface area contributed by atoms with Crippen molar-refractivity contribution < 1.29 is 5.11 Å². The summed E-state index contributed by atoms with van der Waals surface area (Å²) in [5.41, 5.74) is 2.34. The summed E-state index contributed by atoms with van der Waals surface area (Å²) in [4.78, 5) is 4.87. The maximum Gasteiger partial charge on any atom is 0.0540 e. The Kier molecular flexibility index (Phi) is 6.25. The van der Waals surface area contributed by atoms with Gasteiger partial charge in [0.15, 0.2) is 0 Å². The SMILES string of the molecule is CN(Cc1ccc(C#CCCO)cc1)CC1CCCN1C. The van der Waals surface area contributed by atoms with Crippen LogP contribution in [0.4, 0.5) is 0 Å². The normalized spacial score (nSPS) is 18.8. The molecule has 1 aromatic rings. The number of rotatable bonds is 5. The smallest absolute Gasteiger partial charge is 0.0540 e. The second-order valence-corrected chi connectivity index (χ2v) is 5.95. The molecule has 1 aromatic carbocycles. The standard InChI is InChI=1S/C18H26N2O/c1-19(15-18-7-5-12-20(18)2)14-17-10-8-16(9-11-17)6-3-4-13-21/h8-11,18,21H,4-5,7,12-15H2,1-2H3. The number of benzene rings is 1. The van der Waals surface area contributed by atoms with Gasteiger partial charge < -0.3 is 14.9 Å². The van der Waals surface area contributed by atoms with Crippen molar-refractivity contribution in [1.82, 2.24) is 9.80 Å². The van der Waals surface area contributed by atoms with Gasteiger partial charge in [0.05, 0.1) is 6.61 Å². The van der Waals surface area contributed by atoms with Crippen molar-refractivity contribution in [2.24, 2.45) is 0 Å². The Bertz CT molecular complexity index is 486. The lowest BCUT2D eigenvalue weighted by Crippen LogP contribution is -2.36. The van der Waals surface area contributed by atoms with Gasteiger partial charge in [0.2, 0.25) is 0 Å². The van der Waals surface area contributed by atoms with Gasteiger partial charge >= 0.3 is 0 Å². The van der Waals surface area contributed by atoms with Gasteiger partial charge in [-0.3, -0.25) is 0 Å². The predicted molar refractivity (Wildman–Crippen MR) is 87.0 cm³/mol. The minimum absolute atomic E-state index is 0.130. The van der Waals surface area contributed by atoms with Crippen molar-refractivity contribution >= 4 is 0 Å². The summed E-state index contributed by atoms with van der Waals surface area (Å²) >= 11 is 0. The first kappa shape index (κ1) is 16.0. The molecular formula is C18H26N2O. The molecule has 0 spiro atoms. The Morgan fingerprint density at radius 2 is 2.10 bits per heavy atom. The van der Waals surface area contributed by atoms with E-state index in [0.29, 0.717) is 12.5 Å². The molecule has 1 saturated heterocycles. The summed E-state index contributed by atoms with van der Waals surface area (Å²) < 4.78 is 0. The number of aliphatic hydroxyl groups excluding tert-OH is 1. The minimum Gasteiger partial charge on any atom is -0.395 e.